The largest absolute Gasteiger partial charge is 0.481 e. The summed E-state index contributed by atoms with van der Waals surface area (Å²) in [6.45, 7) is 2.47. The Hall–Kier alpha value is -2.58. The van der Waals surface area contributed by atoms with Gasteiger partial charge < -0.3 is 14.4 Å². The fraction of sp³-hybridized carbons (Fsp3) is 0.429. The number of amides is 1. The number of carbonyl (C=O) groups excluding carboxylic acids is 1. The van der Waals surface area contributed by atoms with Crippen molar-refractivity contribution in [3.8, 4) is 5.88 Å². The van der Waals surface area contributed by atoms with E-state index in [0.717, 1.165) is 39.9 Å². The van der Waals surface area contributed by atoms with E-state index in [9.17, 15) is 4.79 Å². The van der Waals surface area contributed by atoms with E-state index in [1.54, 1.807) is 38.7 Å². The van der Waals surface area contributed by atoms with Crippen molar-refractivity contribution in [1.29, 1.82) is 0 Å². The molecule has 0 atom stereocenters. The van der Waals surface area contributed by atoms with Gasteiger partial charge in [-0.05, 0) is 37.0 Å². The van der Waals surface area contributed by atoms with E-state index in [4.69, 9.17) is 9.47 Å². The Kier molecular flexibility index (Phi) is 5.47. The Balaban J connectivity index is 1.60. The van der Waals surface area contributed by atoms with Crippen LogP contribution in [0.5, 0.6) is 5.88 Å². The standard InChI is InChI=1S/C21H24N4O3S/c1-12-17-18(14-8-15(9-14)27-3)23-11-24-20(17)29-19(12)21(26)25(2)10-13-5-6-22-16(7-13)28-4/h5-7,11,14-15H,8-10H2,1-4H3. The number of pyridine rings is 1. The first-order chi connectivity index (χ1) is 14.0. The molecule has 0 aliphatic heterocycles. The van der Waals surface area contributed by atoms with Gasteiger partial charge in [-0.25, -0.2) is 15.0 Å². The van der Waals surface area contributed by atoms with Crippen LogP contribution in [0.25, 0.3) is 10.2 Å². The van der Waals surface area contributed by atoms with Crippen LogP contribution >= 0.6 is 11.3 Å². The number of rotatable bonds is 6. The van der Waals surface area contributed by atoms with Crippen LogP contribution in [0.1, 0.15) is 45.3 Å². The number of ether oxygens (including phenoxy) is 2. The molecule has 3 aromatic rings. The van der Waals surface area contributed by atoms with Gasteiger partial charge in [0.25, 0.3) is 5.91 Å². The molecular weight excluding hydrogens is 388 g/mol. The van der Waals surface area contributed by atoms with Gasteiger partial charge in [0.15, 0.2) is 0 Å². The lowest BCUT2D eigenvalue weighted by Crippen LogP contribution is -2.29. The summed E-state index contributed by atoms with van der Waals surface area (Å²) < 4.78 is 10.6. The lowest BCUT2D eigenvalue weighted by molar-refractivity contribution is 0.0251. The van der Waals surface area contributed by atoms with Gasteiger partial charge in [-0.15, -0.1) is 11.3 Å². The molecular formula is C21H24N4O3S. The van der Waals surface area contributed by atoms with E-state index in [1.165, 1.54) is 11.3 Å². The van der Waals surface area contributed by atoms with Gasteiger partial charge in [0.05, 0.1) is 23.8 Å². The molecule has 4 rings (SSSR count). The molecule has 1 amide bonds. The van der Waals surface area contributed by atoms with E-state index >= 15 is 0 Å². The average molecular weight is 413 g/mol. The monoisotopic (exact) mass is 412 g/mol. The van der Waals surface area contributed by atoms with Crippen molar-refractivity contribution in [2.75, 3.05) is 21.3 Å². The van der Waals surface area contributed by atoms with Crippen molar-refractivity contribution in [2.24, 2.45) is 0 Å². The van der Waals surface area contributed by atoms with Gasteiger partial charge in [-0.2, -0.15) is 0 Å². The van der Waals surface area contributed by atoms with Gasteiger partial charge in [0, 0.05) is 44.3 Å². The Morgan fingerprint density at radius 3 is 2.79 bits per heavy atom. The van der Waals surface area contributed by atoms with Crippen LogP contribution in [0, 0.1) is 6.92 Å². The molecule has 3 aromatic heterocycles. The summed E-state index contributed by atoms with van der Waals surface area (Å²) in [7, 11) is 5.13. The van der Waals surface area contributed by atoms with Crippen molar-refractivity contribution in [3.63, 3.8) is 0 Å². The third kappa shape index (κ3) is 3.70. The van der Waals surface area contributed by atoms with Crippen LogP contribution in [0.4, 0.5) is 0 Å². The number of hydrogen-bond donors (Lipinski definition) is 0. The maximum atomic E-state index is 13.2. The van der Waals surface area contributed by atoms with Gasteiger partial charge >= 0.3 is 0 Å². The van der Waals surface area contributed by atoms with E-state index in [1.807, 2.05) is 19.1 Å². The second kappa shape index (κ2) is 8.04. The minimum Gasteiger partial charge on any atom is -0.481 e. The van der Waals surface area contributed by atoms with Gasteiger partial charge in [-0.3, -0.25) is 4.79 Å². The molecule has 1 aliphatic rings. The average Bonchev–Trinajstić information content (AvgIpc) is 3.04. The third-order valence-electron chi connectivity index (χ3n) is 5.54. The zero-order valence-electron chi connectivity index (χ0n) is 17.0. The molecule has 29 heavy (non-hydrogen) atoms. The maximum Gasteiger partial charge on any atom is 0.264 e. The Bertz CT molecular complexity index is 1050. The smallest absolute Gasteiger partial charge is 0.264 e. The van der Waals surface area contributed by atoms with Gasteiger partial charge in [-0.1, -0.05) is 0 Å². The normalized spacial score (nSPS) is 18.5. The third-order valence-corrected chi connectivity index (χ3v) is 6.73. The van der Waals surface area contributed by atoms with Crippen LogP contribution in [0.3, 0.4) is 0 Å². The fourth-order valence-electron chi connectivity index (χ4n) is 3.77. The van der Waals surface area contributed by atoms with E-state index in [2.05, 4.69) is 15.0 Å². The first-order valence-corrected chi connectivity index (χ1v) is 10.3. The highest BCUT2D eigenvalue weighted by Gasteiger charge is 2.34. The Labute approximate surface area is 173 Å². The molecule has 1 saturated carbocycles. The van der Waals surface area contributed by atoms with Crippen molar-refractivity contribution in [1.82, 2.24) is 19.9 Å². The molecule has 3 heterocycles. The lowest BCUT2D eigenvalue weighted by atomic mass is 9.78. The molecule has 152 valence electrons. The number of carbonyl (C=O) groups is 1. The molecule has 1 fully saturated rings. The molecule has 8 heteroatoms. The van der Waals surface area contributed by atoms with Crippen molar-refractivity contribution < 1.29 is 14.3 Å². The summed E-state index contributed by atoms with van der Waals surface area (Å²) in [4.78, 5) is 29.6. The molecule has 0 bridgehead atoms. The van der Waals surface area contributed by atoms with Crippen molar-refractivity contribution in [2.45, 2.75) is 38.3 Å². The van der Waals surface area contributed by atoms with Crippen LogP contribution in [0.15, 0.2) is 24.7 Å². The predicted molar refractivity (Wildman–Crippen MR) is 112 cm³/mol. The summed E-state index contributed by atoms with van der Waals surface area (Å²) in [5.41, 5.74) is 2.97. The minimum absolute atomic E-state index is 0.0180. The van der Waals surface area contributed by atoms with Crippen molar-refractivity contribution >= 4 is 27.5 Å². The quantitative estimate of drug-likeness (QED) is 0.616. The summed E-state index contributed by atoms with van der Waals surface area (Å²) >= 11 is 1.44. The van der Waals surface area contributed by atoms with Crippen LogP contribution < -0.4 is 4.74 Å². The lowest BCUT2D eigenvalue weighted by Gasteiger charge is -2.33. The van der Waals surface area contributed by atoms with E-state index in [-0.39, 0.29) is 5.91 Å². The molecule has 0 N–H and O–H groups in total. The number of aromatic nitrogens is 3. The van der Waals surface area contributed by atoms with Gasteiger partial charge in [0.1, 0.15) is 11.2 Å². The van der Waals surface area contributed by atoms with E-state index < -0.39 is 0 Å². The molecule has 0 aromatic carbocycles. The second-order valence-electron chi connectivity index (χ2n) is 7.39. The number of nitrogens with zero attached hydrogens (tertiary/aromatic N) is 4. The highest BCUT2D eigenvalue weighted by Crippen LogP contribution is 2.42. The molecule has 0 radical (unpaired) electrons. The summed E-state index contributed by atoms with van der Waals surface area (Å²) in [6, 6.07) is 3.73. The van der Waals surface area contributed by atoms with Crippen LogP contribution in [-0.2, 0) is 11.3 Å². The predicted octanol–water partition coefficient (Wildman–Crippen LogP) is 3.57. The van der Waals surface area contributed by atoms with E-state index in [0.29, 0.717) is 29.3 Å². The Morgan fingerprint density at radius 1 is 1.28 bits per heavy atom. The fourth-order valence-corrected chi connectivity index (χ4v) is 4.92. The first-order valence-electron chi connectivity index (χ1n) is 9.53. The molecule has 0 spiro atoms. The number of thiophene rings is 1. The zero-order valence-corrected chi connectivity index (χ0v) is 17.8. The van der Waals surface area contributed by atoms with Crippen LogP contribution in [0.2, 0.25) is 0 Å². The Morgan fingerprint density at radius 2 is 2.07 bits per heavy atom. The van der Waals surface area contributed by atoms with Gasteiger partial charge in [0.2, 0.25) is 5.88 Å². The summed E-state index contributed by atoms with van der Waals surface area (Å²) in [6.07, 6.45) is 5.52. The SMILES string of the molecule is COc1cc(CN(C)C(=O)c2sc3ncnc(C4CC(OC)C4)c3c2C)ccn1. The number of hydrogen-bond acceptors (Lipinski definition) is 7. The summed E-state index contributed by atoms with van der Waals surface area (Å²) in [5, 5.41) is 1.03. The zero-order chi connectivity index (χ0) is 20.5. The first kappa shape index (κ1) is 19.7. The number of fused-ring (bicyclic) bond motifs is 1. The van der Waals surface area contributed by atoms with Crippen LogP contribution in [-0.4, -0.2) is 53.1 Å². The molecule has 7 nitrogen and oxygen atoms in total. The second-order valence-corrected chi connectivity index (χ2v) is 8.39. The highest BCUT2D eigenvalue weighted by molar-refractivity contribution is 7.20. The molecule has 0 saturated heterocycles. The number of aryl methyl sites for hydroxylation is 1. The minimum atomic E-state index is -0.0180. The topological polar surface area (TPSA) is 77.4 Å². The molecule has 1 aliphatic carbocycles. The van der Waals surface area contributed by atoms with Crippen molar-refractivity contribution in [3.05, 3.63) is 46.4 Å². The molecule has 0 unspecified atom stereocenters. The highest BCUT2D eigenvalue weighted by atomic mass is 32.1. The maximum absolute atomic E-state index is 13.2. The number of methoxy groups -OCH3 is 2. The summed E-state index contributed by atoms with van der Waals surface area (Å²) in [5.74, 6) is 0.885.